The van der Waals surface area contributed by atoms with Crippen LogP contribution in [0.15, 0.2) is 334 Å². The average molecular weight is 1270 g/mol. The molecule has 5 aromatic heterocycles. The molecule has 5 heteroatoms. The molecular weight excluding hydrogens is 1210 g/mol. The lowest BCUT2D eigenvalue weighted by Crippen LogP contribution is -2.24. The maximum atomic E-state index is 2.53. The van der Waals surface area contributed by atoms with Crippen molar-refractivity contribution in [2.75, 3.05) is 0 Å². The molecule has 4 nitrogen and oxygen atoms in total. The number of thiophene rings is 1. The first-order valence-corrected chi connectivity index (χ1v) is 34.8. The molecular formula is C93H60N4S. The molecule has 1 aliphatic carbocycles. The molecule has 1 aliphatic rings. The summed E-state index contributed by atoms with van der Waals surface area (Å²) in [7, 11) is 0. The highest BCUT2D eigenvalue weighted by Gasteiger charge is 2.41. The van der Waals surface area contributed by atoms with Crippen LogP contribution in [-0.4, -0.2) is 18.3 Å². The summed E-state index contributed by atoms with van der Waals surface area (Å²) in [5.74, 6) is 0. The molecule has 0 spiro atoms. The number of fused-ring (bicyclic) bond motifs is 18. The summed E-state index contributed by atoms with van der Waals surface area (Å²) >= 11 is 1.87. The molecule has 0 saturated heterocycles. The molecule has 0 amide bonds. The number of benzene rings is 15. The first-order valence-electron chi connectivity index (χ1n) is 34.0. The van der Waals surface area contributed by atoms with Crippen LogP contribution in [0.5, 0.6) is 0 Å². The fourth-order valence-electron chi connectivity index (χ4n) is 17.2. The first-order chi connectivity index (χ1) is 48.5. The van der Waals surface area contributed by atoms with Gasteiger partial charge in [0.2, 0.25) is 0 Å². The van der Waals surface area contributed by atoms with E-state index in [1.807, 2.05) is 11.3 Å². The highest BCUT2D eigenvalue weighted by molar-refractivity contribution is 7.25. The van der Waals surface area contributed by atoms with E-state index in [0.717, 1.165) is 12.1 Å². The van der Waals surface area contributed by atoms with Gasteiger partial charge in [0.05, 0.1) is 49.8 Å². The van der Waals surface area contributed by atoms with Crippen LogP contribution >= 0.6 is 11.3 Å². The Morgan fingerprint density at radius 1 is 0.255 bits per heavy atom. The van der Waals surface area contributed by atoms with Crippen LogP contribution in [0, 0.1) is 0 Å². The highest BCUT2D eigenvalue weighted by Crippen LogP contribution is 2.54. The quantitative estimate of drug-likeness (QED) is 0.137. The fraction of sp³-hybridized carbons (Fsp3) is 0.0323. The van der Waals surface area contributed by atoms with Crippen molar-refractivity contribution in [1.29, 1.82) is 0 Å². The molecule has 5 heterocycles. The zero-order valence-electron chi connectivity index (χ0n) is 53.7. The van der Waals surface area contributed by atoms with E-state index < -0.39 is 0 Å². The monoisotopic (exact) mass is 1260 g/mol. The maximum absolute atomic E-state index is 2.53. The smallest absolute Gasteiger partial charge is 0.0543 e. The van der Waals surface area contributed by atoms with Gasteiger partial charge in [0.25, 0.3) is 0 Å². The third-order valence-corrected chi connectivity index (χ3v) is 22.7. The second-order valence-corrected chi connectivity index (χ2v) is 28.0. The van der Waals surface area contributed by atoms with Crippen molar-refractivity contribution in [2.24, 2.45) is 0 Å². The van der Waals surface area contributed by atoms with Crippen LogP contribution in [0.1, 0.15) is 23.6 Å². The Kier molecular flexibility index (Phi) is 11.9. The van der Waals surface area contributed by atoms with Gasteiger partial charge in [-0.3, -0.25) is 0 Å². The molecule has 0 radical (unpaired) electrons. The second kappa shape index (κ2) is 21.1. The van der Waals surface area contributed by atoms with Gasteiger partial charge in [-0.2, -0.15) is 0 Å². The van der Waals surface area contributed by atoms with E-state index in [4.69, 9.17) is 0 Å². The molecule has 1 unspecified atom stereocenters. The summed E-state index contributed by atoms with van der Waals surface area (Å²) in [6.07, 6.45) is 0.840. The van der Waals surface area contributed by atoms with Gasteiger partial charge in [-0.1, -0.05) is 219 Å². The minimum Gasteiger partial charge on any atom is -0.309 e. The van der Waals surface area contributed by atoms with E-state index in [9.17, 15) is 0 Å². The summed E-state index contributed by atoms with van der Waals surface area (Å²) in [6.45, 7) is 2.47. The van der Waals surface area contributed by atoms with Gasteiger partial charge in [-0.25, -0.2) is 0 Å². The number of hydrogen-bond acceptors (Lipinski definition) is 1. The van der Waals surface area contributed by atoms with E-state index in [-0.39, 0.29) is 5.41 Å². The summed E-state index contributed by atoms with van der Waals surface area (Å²) in [6, 6.07) is 125. The van der Waals surface area contributed by atoms with Crippen molar-refractivity contribution in [3.05, 3.63) is 350 Å². The zero-order valence-corrected chi connectivity index (χ0v) is 54.5. The Hall–Kier alpha value is -12.3. The van der Waals surface area contributed by atoms with E-state index >= 15 is 0 Å². The molecule has 0 N–H and O–H groups in total. The molecule has 0 saturated carbocycles. The standard InChI is InChI=1S/C93H60N4S/c1-93(79-32-11-5-31-74(79)92-80(93)33-19-38-89(92)97-84-37-15-9-29-71(84)78-55-64(43-49-88(78)97)61-40-46-85-75(52-61)68-26-6-12-34-81(68)94(85)65-23-3-2-4-24-65)57-58-20-17-21-59(50-58)60-22-18-25-66(51-60)95-82-35-13-7-27-69(82)76-53-62(41-47-86(76)95)63-42-48-87-77(54-63)70-28-8-14-36-83(70)96(87)67-44-45-73-72-30-10-16-39-90(72)98-91(73)56-67/h2-56H,57H2,1H3. The molecule has 15 aromatic carbocycles. The molecule has 21 rings (SSSR count). The minimum atomic E-state index is -0.307. The van der Waals surface area contributed by atoms with E-state index in [2.05, 4.69) is 359 Å². The number of para-hydroxylation sites is 5. The van der Waals surface area contributed by atoms with E-state index in [0.29, 0.717) is 0 Å². The lowest BCUT2D eigenvalue weighted by Gasteiger charge is -2.28. The Labute approximate surface area is 569 Å². The van der Waals surface area contributed by atoms with Crippen LogP contribution in [-0.2, 0) is 11.8 Å². The fourth-order valence-corrected chi connectivity index (χ4v) is 18.4. The second-order valence-electron chi connectivity index (χ2n) is 27.0. The minimum absolute atomic E-state index is 0.307. The summed E-state index contributed by atoms with van der Waals surface area (Å²) < 4.78 is 12.5. The van der Waals surface area contributed by atoms with Gasteiger partial charge >= 0.3 is 0 Å². The van der Waals surface area contributed by atoms with Crippen LogP contribution in [0.2, 0.25) is 0 Å². The zero-order chi connectivity index (χ0) is 64.3. The summed E-state index contributed by atoms with van der Waals surface area (Å²) in [5, 5.41) is 12.6. The third kappa shape index (κ3) is 8.11. The van der Waals surface area contributed by atoms with Gasteiger partial charge < -0.3 is 18.3 Å². The molecule has 1 atom stereocenters. The van der Waals surface area contributed by atoms with E-state index in [1.54, 1.807) is 0 Å². The lowest BCUT2D eigenvalue weighted by atomic mass is 9.75. The van der Waals surface area contributed by atoms with Crippen molar-refractivity contribution >= 4 is 119 Å². The maximum Gasteiger partial charge on any atom is 0.0543 e. The summed E-state index contributed by atoms with van der Waals surface area (Å²) in [5.41, 5.74) is 27.8. The van der Waals surface area contributed by atoms with Crippen molar-refractivity contribution in [1.82, 2.24) is 18.3 Å². The van der Waals surface area contributed by atoms with Crippen molar-refractivity contribution in [3.8, 4) is 67.3 Å². The molecule has 20 aromatic rings. The van der Waals surface area contributed by atoms with Crippen molar-refractivity contribution in [2.45, 2.75) is 18.8 Å². The molecule has 0 aliphatic heterocycles. The Morgan fingerprint density at radius 2 is 0.663 bits per heavy atom. The van der Waals surface area contributed by atoms with Crippen molar-refractivity contribution in [3.63, 3.8) is 0 Å². The Bertz CT molecular complexity index is 6740. The lowest BCUT2D eigenvalue weighted by molar-refractivity contribution is 0.583. The van der Waals surface area contributed by atoms with Crippen LogP contribution in [0.4, 0.5) is 0 Å². The van der Waals surface area contributed by atoms with Gasteiger partial charge in [0, 0.05) is 91.3 Å². The van der Waals surface area contributed by atoms with Crippen LogP contribution in [0.3, 0.4) is 0 Å². The third-order valence-electron chi connectivity index (χ3n) is 21.6. The van der Waals surface area contributed by atoms with Crippen LogP contribution in [0.25, 0.3) is 175 Å². The van der Waals surface area contributed by atoms with E-state index in [1.165, 1.54) is 186 Å². The number of hydrogen-bond donors (Lipinski definition) is 0. The largest absolute Gasteiger partial charge is 0.309 e. The normalized spacial score (nSPS) is 13.8. The predicted molar refractivity (Wildman–Crippen MR) is 415 cm³/mol. The molecule has 0 bridgehead atoms. The van der Waals surface area contributed by atoms with Crippen molar-refractivity contribution < 1.29 is 0 Å². The number of aromatic nitrogens is 4. The number of rotatable bonds is 9. The summed E-state index contributed by atoms with van der Waals surface area (Å²) in [4.78, 5) is 0. The highest BCUT2D eigenvalue weighted by atomic mass is 32.1. The Balaban J connectivity index is 0.617. The van der Waals surface area contributed by atoms with Gasteiger partial charge in [0.1, 0.15) is 0 Å². The van der Waals surface area contributed by atoms with Gasteiger partial charge in [-0.05, 0) is 183 Å². The molecule has 458 valence electrons. The van der Waals surface area contributed by atoms with Gasteiger partial charge in [-0.15, -0.1) is 11.3 Å². The predicted octanol–water partition coefficient (Wildman–Crippen LogP) is 25.0. The molecule has 0 fully saturated rings. The Morgan fingerprint density at radius 3 is 1.26 bits per heavy atom. The SMILES string of the molecule is CC1(Cc2cccc(-c3cccc(-n4c5ccccc5c5cc(-c6ccc7c(c6)c6ccccc6n7-c6ccc7c(c6)sc6ccccc67)ccc54)c3)c2)c2ccccc2-c2c(-n3c4ccccc4c4cc(-c5ccc6c(c5)c5ccccc5n6-c5ccccc5)ccc43)cccc21. The average Bonchev–Trinajstić information content (AvgIpc) is 1.55. The number of nitrogens with zero attached hydrogens (tertiary/aromatic N) is 4. The first kappa shape index (κ1) is 55.0. The topological polar surface area (TPSA) is 19.7 Å². The molecule has 98 heavy (non-hydrogen) atoms. The van der Waals surface area contributed by atoms with Gasteiger partial charge in [0.15, 0.2) is 0 Å². The van der Waals surface area contributed by atoms with Crippen LogP contribution < -0.4 is 0 Å².